The van der Waals surface area contributed by atoms with Gasteiger partial charge in [0.2, 0.25) is 0 Å². The van der Waals surface area contributed by atoms with Crippen LogP contribution < -0.4 is 4.90 Å². The lowest BCUT2D eigenvalue weighted by Gasteiger charge is -2.07. The van der Waals surface area contributed by atoms with E-state index >= 15 is 0 Å². The van der Waals surface area contributed by atoms with Crippen molar-refractivity contribution in [2.45, 2.75) is 0 Å². The summed E-state index contributed by atoms with van der Waals surface area (Å²) < 4.78 is 0. The Kier molecular flexibility index (Phi) is 2.95. The number of likely N-dealkylation sites (N-methyl/N-ethyl adjacent to an activating group) is 1. The molecule has 0 saturated heterocycles. The van der Waals surface area contributed by atoms with Crippen molar-refractivity contribution in [2.24, 2.45) is 0 Å². The van der Waals surface area contributed by atoms with Crippen LogP contribution in [0.3, 0.4) is 0 Å². The maximum Gasteiger partial charge on any atom is 0.258 e. The van der Waals surface area contributed by atoms with Gasteiger partial charge in [-0.1, -0.05) is 48.5 Å². The maximum absolute atomic E-state index is 12.2. The van der Waals surface area contributed by atoms with Crippen molar-refractivity contribution in [1.29, 1.82) is 0 Å². The summed E-state index contributed by atoms with van der Waals surface area (Å²) in [5.74, 6) is -0.297. The topological polar surface area (TPSA) is 37.4 Å². The van der Waals surface area contributed by atoms with Crippen molar-refractivity contribution >= 4 is 23.0 Å². The zero-order valence-electron chi connectivity index (χ0n) is 11.0. The van der Waals surface area contributed by atoms with Crippen LogP contribution in [0.5, 0.6) is 0 Å². The molecule has 0 unspecified atom stereocenters. The molecule has 3 heteroatoms. The third-order valence-electron chi connectivity index (χ3n) is 3.42. The van der Waals surface area contributed by atoms with Gasteiger partial charge in [0.25, 0.3) is 5.91 Å². The van der Waals surface area contributed by atoms with E-state index in [1.54, 1.807) is 24.1 Å². The van der Waals surface area contributed by atoms with Gasteiger partial charge in [0.1, 0.15) is 0 Å². The molecular formula is C17H13NO2. The molecule has 3 nitrogen and oxygen atoms in total. The Balaban J connectivity index is 2.05. The number of benzene rings is 2. The number of nitrogens with zero attached hydrogens (tertiary/aromatic N) is 1. The van der Waals surface area contributed by atoms with Crippen molar-refractivity contribution in [2.75, 3.05) is 11.9 Å². The zero-order chi connectivity index (χ0) is 14.1. The van der Waals surface area contributed by atoms with Gasteiger partial charge in [-0.25, -0.2) is 0 Å². The van der Waals surface area contributed by atoms with Crippen LogP contribution in [-0.4, -0.2) is 18.7 Å². The van der Waals surface area contributed by atoms with Crippen LogP contribution in [0.2, 0.25) is 0 Å². The molecule has 1 aliphatic rings. The van der Waals surface area contributed by atoms with E-state index in [1.165, 1.54) is 6.08 Å². The Morgan fingerprint density at radius 2 is 1.65 bits per heavy atom. The average molecular weight is 263 g/mol. The number of rotatable bonds is 2. The van der Waals surface area contributed by atoms with Gasteiger partial charge in [-0.2, -0.15) is 0 Å². The van der Waals surface area contributed by atoms with Gasteiger partial charge in [0, 0.05) is 18.2 Å². The van der Waals surface area contributed by atoms with E-state index in [0.29, 0.717) is 11.1 Å². The van der Waals surface area contributed by atoms with Crippen LogP contribution >= 0.6 is 0 Å². The van der Waals surface area contributed by atoms with E-state index in [1.807, 2.05) is 42.5 Å². The Hall–Kier alpha value is -2.68. The molecule has 0 aliphatic carbocycles. The van der Waals surface area contributed by atoms with E-state index in [4.69, 9.17) is 0 Å². The van der Waals surface area contributed by atoms with Gasteiger partial charge in [-0.05, 0) is 12.1 Å². The van der Waals surface area contributed by atoms with E-state index in [-0.39, 0.29) is 11.7 Å². The number of amides is 1. The fourth-order valence-corrected chi connectivity index (χ4v) is 2.36. The van der Waals surface area contributed by atoms with Gasteiger partial charge >= 0.3 is 0 Å². The molecule has 1 heterocycles. The molecule has 0 atom stereocenters. The number of ketones is 1. The predicted octanol–water partition coefficient (Wildman–Crippen LogP) is 2.93. The van der Waals surface area contributed by atoms with Gasteiger partial charge in [0.15, 0.2) is 5.78 Å². The highest BCUT2D eigenvalue weighted by Gasteiger charge is 2.29. The molecule has 0 spiro atoms. The lowest BCUT2D eigenvalue weighted by molar-refractivity contribution is -0.112. The summed E-state index contributed by atoms with van der Waals surface area (Å²) in [6, 6.07) is 16.4. The van der Waals surface area contributed by atoms with Crippen LogP contribution in [0.1, 0.15) is 15.9 Å². The third kappa shape index (κ3) is 1.93. The summed E-state index contributed by atoms with van der Waals surface area (Å²) in [6.45, 7) is 0. The molecule has 1 aliphatic heterocycles. The highest BCUT2D eigenvalue weighted by atomic mass is 16.2. The number of carbonyl (C=O) groups is 2. The van der Waals surface area contributed by atoms with E-state index in [0.717, 1.165) is 11.3 Å². The van der Waals surface area contributed by atoms with Crippen LogP contribution in [0.25, 0.3) is 5.57 Å². The molecular weight excluding hydrogens is 250 g/mol. The molecule has 0 radical (unpaired) electrons. The molecule has 0 aromatic heterocycles. The quantitative estimate of drug-likeness (QED) is 0.617. The van der Waals surface area contributed by atoms with Gasteiger partial charge < -0.3 is 4.90 Å². The first kappa shape index (κ1) is 12.4. The first-order valence-electron chi connectivity index (χ1n) is 6.37. The SMILES string of the molecule is CN1C(=O)/C(=C/C(=O)c2ccccc2)c2ccccc21. The monoisotopic (exact) mass is 263 g/mol. The molecule has 20 heavy (non-hydrogen) atoms. The second-order valence-electron chi connectivity index (χ2n) is 4.67. The number of fused-ring (bicyclic) bond motifs is 1. The summed E-state index contributed by atoms with van der Waals surface area (Å²) in [6.07, 6.45) is 1.43. The van der Waals surface area contributed by atoms with Crippen LogP contribution in [0, 0.1) is 0 Å². The molecule has 0 fully saturated rings. The van der Waals surface area contributed by atoms with E-state index in [9.17, 15) is 9.59 Å². The van der Waals surface area contributed by atoms with Crippen molar-refractivity contribution in [3.05, 3.63) is 71.8 Å². The highest BCUT2D eigenvalue weighted by Crippen LogP contribution is 2.35. The first-order valence-corrected chi connectivity index (χ1v) is 6.37. The number of para-hydroxylation sites is 1. The Morgan fingerprint density at radius 3 is 2.40 bits per heavy atom. The minimum absolute atomic E-state index is 0.143. The molecule has 98 valence electrons. The summed E-state index contributed by atoms with van der Waals surface area (Å²) in [4.78, 5) is 26.0. The van der Waals surface area contributed by atoms with Crippen LogP contribution in [0.4, 0.5) is 5.69 Å². The Bertz CT molecular complexity index is 717. The van der Waals surface area contributed by atoms with Crippen molar-refractivity contribution < 1.29 is 9.59 Å². The molecule has 0 saturated carbocycles. The number of anilines is 1. The largest absolute Gasteiger partial charge is 0.311 e. The average Bonchev–Trinajstić information content (AvgIpc) is 2.74. The highest BCUT2D eigenvalue weighted by molar-refractivity contribution is 6.35. The number of hydrogen-bond acceptors (Lipinski definition) is 2. The van der Waals surface area contributed by atoms with Crippen molar-refractivity contribution in [1.82, 2.24) is 0 Å². The van der Waals surface area contributed by atoms with Crippen molar-refractivity contribution in [3.63, 3.8) is 0 Å². The molecule has 0 N–H and O–H groups in total. The number of hydrogen-bond donors (Lipinski definition) is 0. The fraction of sp³-hybridized carbons (Fsp3) is 0.0588. The maximum atomic E-state index is 12.2. The smallest absolute Gasteiger partial charge is 0.258 e. The van der Waals surface area contributed by atoms with Crippen LogP contribution in [-0.2, 0) is 4.79 Å². The standard InChI is InChI=1S/C17H13NO2/c1-18-15-10-6-5-9-13(15)14(17(18)20)11-16(19)12-7-3-2-4-8-12/h2-11H,1H3/b14-11+. The van der Waals surface area contributed by atoms with Crippen molar-refractivity contribution in [3.8, 4) is 0 Å². The molecule has 1 amide bonds. The summed E-state index contributed by atoms with van der Waals surface area (Å²) in [7, 11) is 1.72. The van der Waals surface area contributed by atoms with Gasteiger partial charge in [-0.3, -0.25) is 9.59 Å². The minimum atomic E-state index is -0.154. The van der Waals surface area contributed by atoms with Gasteiger partial charge in [-0.15, -0.1) is 0 Å². The second kappa shape index (κ2) is 4.78. The number of carbonyl (C=O) groups excluding carboxylic acids is 2. The lowest BCUT2D eigenvalue weighted by atomic mass is 10.0. The lowest BCUT2D eigenvalue weighted by Crippen LogP contribution is -2.20. The molecule has 0 bridgehead atoms. The summed E-state index contributed by atoms with van der Waals surface area (Å²) in [5, 5.41) is 0. The van der Waals surface area contributed by atoms with Gasteiger partial charge in [0.05, 0.1) is 11.3 Å². The third-order valence-corrected chi connectivity index (χ3v) is 3.42. The summed E-state index contributed by atoms with van der Waals surface area (Å²) in [5.41, 5.74) is 2.69. The summed E-state index contributed by atoms with van der Waals surface area (Å²) >= 11 is 0. The second-order valence-corrected chi connectivity index (χ2v) is 4.67. The molecule has 3 rings (SSSR count). The van der Waals surface area contributed by atoms with E-state index < -0.39 is 0 Å². The first-order chi connectivity index (χ1) is 9.68. The predicted molar refractivity (Wildman–Crippen MR) is 78.6 cm³/mol. The normalized spacial score (nSPS) is 15.6. The molecule has 2 aromatic carbocycles. The number of allylic oxidation sites excluding steroid dienone is 1. The Morgan fingerprint density at radius 1 is 1.00 bits per heavy atom. The molecule has 2 aromatic rings. The Labute approximate surface area is 117 Å². The fourth-order valence-electron chi connectivity index (χ4n) is 2.36. The minimum Gasteiger partial charge on any atom is -0.311 e. The van der Waals surface area contributed by atoms with E-state index in [2.05, 4.69) is 0 Å². The van der Waals surface area contributed by atoms with Crippen LogP contribution in [0.15, 0.2) is 60.7 Å². The zero-order valence-corrected chi connectivity index (χ0v) is 11.0.